The Morgan fingerprint density at radius 2 is 1.95 bits per heavy atom. The number of benzene rings is 2. The van der Waals surface area contributed by atoms with Crippen LogP contribution in [0.1, 0.15) is 10.4 Å². The van der Waals surface area contributed by atoms with E-state index in [0.29, 0.717) is 22.7 Å². The van der Waals surface area contributed by atoms with Gasteiger partial charge in [-0.2, -0.15) is 0 Å². The SMILES string of the molecule is O=C(Nc1ccc2c(c1)OCO2)c1cc(Br)ccc1I. The summed E-state index contributed by atoms with van der Waals surface area (Å²) >= 11 is 5.51. The molecule has 0 atom stereocenters. The molecule has 102 valence electrons. The van der Waals surface area contributed by atoms with Crippen LogP contribution in [-0.2, 0) is 0 Å². The number of nitrogens with one attached hydrogen (secondary N) is 1. The van der Waals surface area contributed by atoms with Crippen molar-refractivity contribution >= 4 is 50.1 Å². The van der Waals surface area contributed by atoms with Gasteiger partial charge in [0.1, 0.15) is 0 Å². The van der Waals surface area contributed by atoms with Crippen LogP contribution >= 0.6 is 38.5 Å². The zero-order chi connectivity index (χ0) is 14.1. The maximum absolute atomic E-state index is 12.3. The van der Waals surface area contributed by atoms with E-state index in [4.69, 9.17) is 9.47 Å². The summed E-state index contributed by atoms with van der Waals surface area (Å²) in [5.74, 6) is 1.18. The van der Waals surface area contributed by atoms with Gasteiger partial charge in [-0.05, 0) is 52.9 Å². The number of rotatable bonds is 2. The van der Waals surface area contributed by atoms with Gasteiger partial charge >= 0.3 is 0 Å². The van der Waals surface area contributed by atoms with Crippen molar-refractivity contribution in [1.82, 2.24) is 0 Å². The van der Waals surface area contributed by atoms with Gasteiger partial charge in [-0.25, -0.2) is 0 Å². The van der Waals surface area contributed by atoms with Crippen LogP contribution in [0.5, 0.6) is 11.5 Å². The molecule has 4 nitrogen and oxygen atoms in total. The lowest BCUT2D eigenvalue weighted by Gasteiger charge is -2.08. The highest BCUT2D eigenvalue weighted by Crippen LogP contribution is 2.34. The summed E-state index contributed by atoms with van der Waals surface area (Å²) < 4.78 is 12.3. The standard InChI is InChI=1S/C14H9BrINO3/c15-8-1-3-11(16)10(5-8)14(18)17-9-2-4-12-13(6-9)20-7-19-12/h1-6H,7H2,(H,17,18). The molecule has 0 radical (unpaired) electrons. The first-order chi connectivity index (χ1) is 9.63. The molecule has 0 spiro atoms. The average Bonchev–Trinajstić information content (AvgIpc) is 2.89. The number of halogens is 2. The Bertz CT molecular complexity index is 690. The van der Waals surface area contributed by atoms with Gasteiger partial charge in [0, 0.05) is 19.8 Å². The highest BCUT2D eigenvalue weighted by molar-refractivity contribution is 14.1. The fraction of sp³-hybridized carbons (Fsp3) is 0.0714. The largest absolute Gasteiger partial charge is 0.454 e. The van der Waals surface area contributed by atoms with Crippen LogP contribution in [0.2, 0.25) is 0 Å². The first kappa shape index (κ1) is 13.7. The van der Waals surface area contributed by atoms with Crippen molar-refractivity contribution in [3.05, 3.63) is 50.0 Å². The van der Waals surface area contributed by atoms with Gasteiger partial charge in [0.2, 0.25) is 6.79 Å². The average molecular weight is 446 g/mol. The van der Waals surface area contributed by atoms with Gasteiger partial charge in [-0.3, -0.25) is 4.79 Å². The third kappa shape index (κ3) is 2.76. The fourth-order valence-electron chi connectivity index (χ4n) is 1.84. The predicted molar refractivity (Wildman–Crippen MR) is 87.4 cm³/mol. The minimum atomic E-state index is -0.158. The molecule has 1 heterocycles. The highest BCUT2D eigenvalue weighted by Gasteiger charge is 2.15. The summed E-state index contributed by atoms with van der Waals surface area (Å²) in [5, 5.41) is 2.86. The Hall–Kier alpha value is -1.28. The molecule has 1 N–H and O–H groups in total. The molecule has 1 aliphatic heterocycles. The summed E-state index contributed by atoms with van der Waals surface area (Å²) in [5.41, 5.74) is 1.30. The molecule has 1 amide bonds. The monoisotopic (exact) mass is 445 g/mol. The van der Waals surface area contributed by atoms with Gasteiger partial charge < -0.3 is 14.8 Å². The molecule has 20 heavy (non-hydrogen) atoms. The maximum Gasteiger partial charge on any atom is 0.256 e. The van der Waals surface area contributed by atoms with E-state index in [9.17, 15) is 4.79 Å². The maximum atomic E-state index is 12.3. The molecular weight excluding hydrogens is 437 g/mol. The zero-order valence-corrected chi connectivity index (χ0v) is 13.9. The molecule has 1 aliphatic rings. The van der Waals surface area contributed by atoms with Crippen molar-refractivity contribution in [3.8, 4) is 11.5 Å². The summed E-state index contributed by atoms with van der Waals surface area (Å²) in [6.07, 6.45) is 0. The Morgan fingerprint density at radius 3 is 2.80 bits per heavy atom. The summed E-state index contributed by atoms with van der Waals surface area (Å²) in [7, 11) is 0. The van der Waals surface area contributed by atoms with Crippen LogP contribution in [0.3, 0.4) is 0 Å². The van der Waals surface area contributed by atoms with Gasteiger partial charge in [0.15, 0.2) is 11.5 Å². The number of hydrogen-bond donors (Lipinski definition) is 1. The van der Waals surface area contributed by atoms with E-state index in [0.717, 1.165) is 8.04 Å². The van der Waals surface area contributed by atoms with Crippen LogP contribution in [0, 0.1) is 3.57 Å². The quantitative estimate of drug-likeness (QED) is 0.710. The van der Waals surface area contributed by atoms with Crippen molar-refractivity contribution in [1.29, 1.82) is 0 Å². The minimum Gasteiger partial charge on any atom is -0.454 e. The lowest BCUT2D eigenvalue weighted by molar-refractivity contribution is 0.102. The van der Waals surface area contributed by atoms with Crippen LogP contribution in [-0.4, -0.2) is 12.7 Å². The second-order valence-electron chi connectivity index (χ2n) is 4.15. The van der Waals surface area contributed by atoms with Gasteiger partial charge in [0.05, 0.1) is 5.56 Å². The van der Waals surface area contributed by atoms with Crippen LogP contribution < -0.4 is 14.8 Å². The molecule has 0 bridgehead atoms. The number of amides is 1. The first-order valence-corrected chi connectivity index (χ1v) is 7.67. The first-order valence-electron chi connectivity index (χ1n) is 5.79. The summed E-state index contributed by atoms with van der Waals surface area (Å²) in [6, 6.07) is 10.9. The molecule has 3 rings (SSSR count). The lowest BCUT2D eigenvalue weighted by atomic mass is 10.2. The van der Waals surface area contributed by atoms with E-state index >= 15 is 0 Å². The number of ether oxygens (including phenoxy) is 2. The summed E-state index contributed by atoms with van der Waals surface area (Å²) in [4.78, 5) is 12.3. The van der Waals surface area contributed by atoms with Crippen molar-refractivity contribution in [2.75, 3.05) is 12.1 Å². The third-order valence-corrected chi connectivity index (χ3v) is 4.24. The summed E-state index contributed by atoms with van der Waals surface area (Å²) in [6.45, 7) is 0.219. The van der Waals surface area contributed by atoms with Crippen molar-refractivity contribution in [2.24, 2.45) is 0 Å². The molecule has 6 heteroatoms. The molecule has 0 aromatic heterocycles. The molecule has 0 fully saturated rings. The minimum absolute atomic E-state index is 0.158. The molecule has 2 aromatic carbocycles. The molecule has 2 aromatic rings. The van der Waals surface area contributed by atoms with E-state index < -0.39 is 0 Å². The smallest absolute Gasteiger partial charge is 0.256 e. The number of anilines is 1. The molecular formula is C14H9BrINO3. The predicted octanol–water partition coefficient (Wildman–Crippen LogP) is 4.03. The van der Waals surface area contributed by atoms with Crippen LogP contribution in [0.15, 0.2) is 40.9 Å². The topological polar surface area (TPSA) is 47.6 Å². The van der Waals surface area contributed by atoms with E-state index in [1.807, 2.05) is 12.1 Å². The Kier molecular flexibility index (Phi) is 3.84. The van der Waals surface area contributed by atoms with Crippen LogP contribution in [0.4, 0.5) is 5.69 Å². The molecule has 0 unspecified atom stereocenters. The molecule has 0 saturated heterocycles. The number of carbonyl (C=O) groups is 1. The third-order valence-electron chi connectivity index (χ3n) is 2.80. The van der Waals surface area contributed by atoms with E-state index in [1.54, 1.807) is 24.3 Å². The number of carbonyl (C=O) groups excluding carboxylic acids is 1. The highest BCUT2D eigenvalue weighted by atomic mass is 127. The Morgan fingerprint density at radius 1 is 1.15 bits per heavy atom. The second kappa shape index (κ2) is 5.61. The van der Waals surface area contributed by atoms with Crippen molar-refractivity contribution < 1.29 is 14.3 Å². The Labute approximate surface area is 137 Å². The number of hydrogen-bond acceptors (Lipinski definition) is 3. The molecule has 0 saturated carbocycles. The van der Waals surface area contributed by atoms with Crippen molar-refractivity contribution in [3.63, 3.8) is 0 Å². The van der Waals surface area contributed by atoms with Crippen molar-refractivity contribution in [2.45, 2.75) is 0 Å². The van der Waals surface area contributed by atoms with E-state index in [-0.39, 0.29) is 12.7 Å². The van der Waals surface area contributed by atoms with Gasteiger partial charge in [-0.1, -0.05) is 15.9 Å². The van der Waals surface area contributed by atoms with Crippen LogP contribution in [0.25, 0.3) is 0 Å². The second-order valence-corrected chi connectivity index (χ2v) is 6.22. The molecule has 0 aliphatic carbocycles. The number of fused-ring (bicyclic) bond motifs is 1. The normalized spacial score (nSPS) is 12.3. The van der Waals surface area contributed by atoms with Gasteiger partial charge in [-0.15, -0.1) is 0 Å². The Balaban J connectivity index is 1.84. The lowest BCUT2D eigenvalue weighted by Crippen LogP contribution is -2.13. The van der Waals surface area contributed by atoms with E-state index in [1.165, 1.54) is 0 Å². The zero-order valence-electron chi connectivity index (χ0n) is 10.2. The van der Waals surface area contributed by atoms with Gasteiger partial charge in [0.25, 0.3) is 5.91 Å². The fourth-order valence-corrected chi connectivity index (χ4v) is 2.79. The van der Waals surface area contributed by atoms with E-state index in [2.05, 4.69) is 43.8 Å².